The van der Waals surface area contributed by atoms with E-state index in [4.69, 9.17) is 10.5 Å². The van der Waals surface area contributed by atoms with Crippen LogP contribution in [-0.4, -0.2) is 29.6 Å². The highest BCUT2D eigenvalue weighted by Gasteiger charge is 2.17. The van der Waals surface area contributed by atoms with E-state index in [0.717, 1.165) is 0 Å². The van der Waals surface area contributed by atoms with Crippen LogP contribution in [0.5, 0.6) is 0 Å². The molecule has 0 spiro atoms. The number of rotatable bonds is 8. The second-order valence-electron chi connectivity index (χ2n) is 4.67. The topological polar surface area (TPSA) is 67.9 Å². The lowest BCUT2D eigenvalue weighted by Crippen LogP contribution is -2.34. The van der Waals surface area contributed by atoms with E-state index in [1.807, 2.05) is 19.1 Å². The Hall–Kier alpha value is -2.05. The van der Waals surface area contributed by atoms with E-state index in [9.17, 15) is 9.18 Å². The summed E-state index contributed by atoms with van der Waals surface area (Å²) in [6.45, 7) is 2.50. The number of hydrogen-bond donors (Lipinski definition) is 0. The zero-order valence-corrected chi connectivity index (χ0v) is 13.3. The van der Waals surface area contributed by atoms with Crippen molar-refractivity contribution in [2.75, 3.05) is 18.8 Å². The molecular weight excluding hydrogens is 301 g/mol. The Morgan fingerprint density at radius 1 is 1.27 bits per heavy atom. The van der Waals surface area contributed by atoms with Gasteiger partial charge in [-0.05, 0) is 13.0 Å². The molecule has 0 unspecified atom stereocenters. The van der Waals surface area contributed by atoms with E-state index >= 15 is 0 Å². The van der Waals surface area contributed by atoms with E-state index < -0.39 is 0 Å². The van der Waals surface area contributed by atoms with Crippen LogP contribution in [0.4, 0.5) is 4.39 Å². The lowest BCUT2D eigenvalue weighted by Gasteiger charge is -2.21. The molecule has 22 heavy (non-hydrogen) atoms. The van der Waals surface area contributed by atoms with E-state index in [0.29, 0.717) is 18.7 Å². The summed E-state index contributed by atoms with van der Waals surface area (Å²) >= 11 is 1.35. The summed E-state index contributed by atoms with van der Waals surface area (Å²) in [5.41, 5.74) is 0.570. The summed E-state index contributed by atoms with van der Waals surface area (Å²) in [6, 6.07) is 10.5. The smallest absolute Gasteiger partial charge is 0.232 e. The molecule has 0 aromatic heterocycles. The fraction of sp³-hybridized carbons (Fsp3) is 0.438. The SMILES string of the molecule is C[C@@H](SCC(=O)N(CCC#N)CCC#N)c1ccccc1F. The molecule has 0 saturated heterocycles. The Morgan fingerprint density at radius 3 is 2.41 bits per heavy atom. The predicted molar refractivity (Wildman–Crippen MR) is 84.3 cm³/mol. The number of nitrogens with zero attached hydrogens (tertiary/aromatic N) is 3. The lowest BCUT2D eigenvalue weighted by atomic mass is 10.1. The first-order valence-electron chi connectivity index (χ1n) is 6.97. The van der Waals surface area contributed by atoms with Gasteiger partial charge >= 0.3 is 0 Å². The number of nitriles is 2. The van der Waals surface area contributed by atoms with E-state index in [-0.39, 0.29) is 35.6 Å². The second kappa shape index (κ2) is 9.81. The van der Waals surface area contributed by atoms with E-state index in [2.05, 4.69) is 0 Å². The van der Waals surface area contributed by atoms with Gasteiger partial charge in [-0.15, -0.1) is 11.8 Å². The molecule has 1 aromatic rings. The maximum Gasteiger partial charge on any atom is 0.232 e. The van der Waals surface area contributed by atoms with Crippen molar-refractivity contribution in [1.82, 2.24) is 4.90 Å². The van der Waals surface area contributed by atoms with Crippen molar-refractivity contribution in [3.63, 3.8) is 0 Å². The van der Waals surface area contributed by atoms with Gasteiger partial charge in [-0.1, -0.05) is 18.2 Å². The molecule has 0 aliphatic heterocycles. The van der Waals surface area contributed by atoms with Crippen LogP contribution in [-0.2, 0) is 4.79 Å². The molecule has 6 heteroatoms. The fourth-order valence-corrected chi connectivity index (χ4v) is 2.86. The highest BCUT2D eigenvalue weighted by atomic mass is 32.2. The van der Waals surface area contributed by atoms with Crippen molar-refractivity contribution < 1.29 is 9.18 Å². The number of carbonyl (C=O) groups is 1. The second-order valence-corrected chi connectivity index (χ2v) is 6.00. The minimum Gasteiger partial charge on any atom is -0.340 e. The average molecular weight is 319 g/mol. The Kier molecular flexibility index (Phi) is 8.03. The number of amides is 1. The van der Waals surface area contributed by atoms with Gasteiger partial charge in [0.1, 0.15) is 5.82 Å². The number of halogens is 1. The largest absolute Gasteiger partial charge is 0.340 e. The summed E-state index contributed by atoms with van der Waals surface area (Å²) in [7, 11) is 0. The van der Waals surface area contributed by atoms with Gasteiger partial charge in [-0.25, -0.2) is 4.39 Å². The third-order valence-electron chi connectivity index (χ3n) is 3.14. The molecule has 0 aliphatic carbocycles. The zero-order chi connectivity index (χ0) is 16.4. The van der Waals surface area contributed by atoms with Crippen LogP contribution in [0, 0.1) is 28.5 Å². The summed E-state index contributed by atoms with van der Waals surface area (Å²) in [5, 5.41) is 17.1. The maximum absolute atomic E-state index is 13.7. The van der Waals surface area contributed by atoms with Gasteiger partial charge in [0.05, 0.1) is 30.7 Å². The zero-order valence-electron chi connectivity index (χ0n) is 12.5. The standard InChI is InChI=1S/C16H18FN3OS/c1-13(14-6-2-3-7-15(14)17)22-12-16(21)20(10-4-8-18)11-5-9-19/h2-3,6-7,13H,4-5,10-12H2,1H3/t13-/m1/s1. The highest BCUT2D eigenvalue weighted by Crippen LogP contribution is 2.29. The van der Waals surface area contributed by atoms with Gasteiger partial charge in [0.15, 0.2) is 0 Å². The normalized spacial score (nSPS) is 11.3. The molecule has 0 aliphatic rings. The van der Waals surface area contributed by atoms with Gasteiger partial charge in [0.2, 0.25) is 5.91 Å². The third kappa shape index (κ3) is 5.75. The molecule has 1 amide bonds. The van der Waals surface area contributed by atoms with Crippen LogP contribution in [0.1, 0.15) is 30.6 Å². The predicted octanol–water partition coefficient (Wildman–Crippen LogP) is 3.28. The molecule has 1 rings (SSSR count). The van der Waals surface area contributed by atoms with Crippen molar-refractivity contribution in [2.45, 2.75) is 25.0 Å². The number of hydrogen-bond acceptors (Lipinski definition) is 4. The molecule has 1 aromatic carbocycles. The summed E-state index contributed by atoms with van der Waals surface area (Å²) in [5.74, 6) is -0.203. The minimum atomic E-state index is -0.277. The molecular formula is C16H18FN3OS. The number of thioether (sulfide) groups is 1. The van der Waals surface area contributed by atoms with Crippen LogP contribution < -0.4 is 0 Å². The first kappa shape index (κ1) is 18.0. The van der Waals surface area contributed by atoms with Crippen molar-refractivity contribution in [3.05, 3.63) is 35.6 Å². The van der Waals surface area contributed by atoms with Gasteiger partial charge in [0, 0.05) is 23.9 Å². The number of benzene rings is 1. The molecule has 116 valence electrons. The highest BCUT2D eigenvalue weighted by molar-refractivity contribution is 8.00. The van der Waals surface area contributed by atoms with Crippen LogP contribution in [0.25, 0.3) is 0 Å². The molecule has 0 fully saturated rings. The number of carbonyl (C=O) groups excluding carboxylic acids is 1. The maximum atomic E-state index is 13.7. The minimum absolute atomic E-state index is 0.126. The van der Waals surface area contributed by atoms with Crippen LogP contribution in [0.2, 0.25) is 0 Å². The molecule has 4 nitrogen and oxygen atoms in total. The molecule has 0 saturated carbocycles. The van der Waals surface area contributed by atoms with Crippen molar-refractivity contribution in [2.24, 2.45) is 0 Å². The van der Waals surface area contributed by atoms with Crippen molar-refractivity contribution in [3.8, 4) is 12.1 Å². The first-order chi connectivity index (χ1) is 10.6. The van der Waals surface area contributed by atoms with Gasteiger partial charge < -0.3 is 4.90 Å². The molecule has 0 bridgehead atoms. The van der Waals surface area contributed by atoms with Crippen molar-refractivity contribution in [1.29, 1.82) is 10.5 Å². The first-order valence-corrected chi connectivity index (χ1v) is 8.02. The third-order valence-corrected chi connectivity index (χ3v) is 4.31. The lowest BCUT2D eigenvalue weighted by molar-refractivity contribution is -0.128. The summed E-state index contributed by atoms with van der Waals surface area (Å²) < 4.78 is 13.7. The van der Waals surface area contributed by atoms with Crippen molar-refractivity contribution >= 4 is 17.7 Å². The van der Waals surface area contributed by atoms with Crippen LogP contribution in [0.15, 0.2) is 24.3 Å². The van der Waals surface area contributed by atoms with E-state index in [1.165, 1.54) is 22.7 Å². The van der Waals surface area contributed by atoms with E-state index in [1.54, 1.807) is 18.2 Å². The molecule has 0 heterocycles. The molecule has 1 atom stereocenters. The quantitative estimate of drug-likeness (QED) is 0.737. The molecule has 0 radical (unpaired) electrons. The monoisotopic (exact) mass is 319 g/mol. The fourth-order valence-electron chi connectivity index (χ4n) is 1.91. The Bertz CT molecular complexity index is 561. The average Bonchev–Trinajstić information content (AvgIpc) is 2.53. The van der Waals surface area contributed by atoms with Crippen LogP contribution >= 0.6 is 11.8 Å². The Labute approximate surface area is 134 Å². The molecule has 0 N–H and O–H groups in total. The van der Waals surface area contributed by atoms with Gasteiger partial charge in [0.25, 0.3) is 0 Å². The summed E-state index contributed by atoms with van der Waals surface area (Å²) in [4.78, 5) is 13.7. The Balaban J connectivity index is 2.57. The summed E-state index contributed by atoms with van der Waals surface area (Å²) in [6.07, 6.45) is 0.482. The van der Waals surface area contributed by atoms with Gasteiger partial charge in [-0.2, -0.15) is 10.5 Å². The van der Waals surface area contributed by atoms with Crippen LogP contribution in [0.3, 0.4) is 0 Å². The van der Waals surface area contributed by atoms with Gasteiger partial charge in [-0.3, -0.25) is 4.79 Å². The Morgan fingerprint density at radius 2 is 1.86 bits per heavy atom.